The normalized spacial score (nSPS) is 22.9. The number of carbonyl (C=O) groups is 2. The molecule has 0 bridgehead atoms. The van der Waals surface area contributed by atoms with Crippen LogP contribution in [0.5, 0.6) is 0 Å². The smallest absolute Gasteiger partial charge is 0.410 e. The minimum atomic E-state index is -2.81. The number of nitrogens with one attached hydrogen (secondary N) is 1. The molecule has 1 aliphatic heterocycles. The molecule has 3 rings (SSSR count). The number of anilines is 1. The summed E-state index contributed by atoms with van der Waals surface area (Å²) in [6, 6.07) is 0.0517. The third-order valence-corrected chi connectivity index (χ3v) is 5.47. The molecule has 0 radical (unpaired) electrons. The minimum Gasteiger partial charge on any atom is -0.478 e. The summed E-state index contributed by atoms with van der Waals surface area (Å²) in [5.41, 5.74) is -3.73. The Balaban J connectivity index is 1.77. The summed E-state index contributed by atoms with van der Waals surface area (Å²) in [6.07, 6.45) is -3.82. The summed E-state index contributed by atoms with van der Waals surface area (Å²) in [4.78, 5) is 37.5. The molecule has 1 amide bonds. The van der Waals surface area contributed by atoms with Crippen molar-refractivity contribution in [1.29, 1.82) is 0 Å². The van der Waals surface area contributed by atoms with Crippen molar-refractivity contribution in [2.24, 2.45) is 0 Å². The largest absolute Gasteiger partial charge is 0.478 e. The van der Waals surface area contributed by atoms with Gasteiger partial charge in [-0.2, -0.15) is 0 Å². The van der Waals surface area contributed by atoms with Crippen LogP contribution >= 0.6 is 0 Å². The van der Waals surface area contributed by atoms with Crippen molar-refractivity contribution < 1.29 is 32.6 Å². The fourth-order valence-electron chi connectivity index (χ4n) is 3.62. The number of aromatic carboxylic acids is 1. The maximum absolute atomic E-state index is 14.8. The second-order valence-electron chi connectivity index (χ2n) is 9.00. The molecule has 2 atom stereocenters. The van der Waals surface area contributed by atoms with Crippen LogP contribution in [0, 0.1) is 0 Å². The number of ether oxygens (including phenoxy) is 1. The predicted octanol–water partition coefficient (Wildman–Crippen LogP) is 3.06. The number of hydrogen-bond acceptors (Lipinski definition) is 5. The highest BCUT2D eigenvalue weighted by molar-refractivity contribution is 5.93. The van der Waals surface area contributed by atoms with Crippen molar-refractivity contribution in [3.8, 4) is 0 Å². The van der Waals surface area contributed by atoms with Crippen LogP contribution in [-0.2, 0) is 10.3 Å². The molecule has 2 heterocycles. The molecule has 172 valence electrons. The van der Waals surface area contributed by atoms with Crippen LogP contribution in [0.25, 0.3) is 0 Å². The molecule has 2 unspecified atom stereocenters. The summed E-state index contributed by atoms with van der Waals surface area (Å²) >= 11 is 0. The number of amides is 1. The highest BCUT2D eigenvalue weighted by Crippen LogP contribution is 2.47. The molecule has 1 aromatic heterocycles. The van der Waals surface area contributed by atoms with E-state index < -0.39 is 53.0 Å². The Morgan fingerprint density at radius 3 is 2.45 bits per heavy atom. The van der Waals surface area contributed by atoms with Crippen LogP contribution < -0.4 is 10.9 Å². The number of likely N-dealkylation sites (tertiary alicyclic amines) is 1. The fraction of sp³-hybridized carbons (Fsp3) is 0.650. The SMILES string of the molecule is CC(C)(C)OC(=O)N1CCC(Nc2cc(=O)n(C3(C(F)F)CC3)cc2C(=O)O)C(F)C1. The third kappa shape index (κ3) is 4.80. The minimum absolute atomic E-state index is 0.0755. The Bertz CT molecular complexity index is 924. The number of nitrogens with zero attached hydrogens (tertiary/aromatic N) is 2. The van der Waals surface area contributed by atoms with E-state index in [1.807, 2.05) is 0 Å². The molecule has 2 fully saturated rings. The number of alkyl halides is 3. The molecule has 1 saturated carbocycles. The molecule has 8 nitrogen and oxygen atoms in total. The van der Waals surface area contributed by atoms with Crippen LogP contribution in [-0.4, -0.2) is 64.0 Å². The van der Waals surface area contributed by atoms with Gasteiger partial charge in [0.25, 0.3) is 12.0 Å². The maximum Gasteiger partial charge on any atom is 0.410 e. The van der Waals surface area contributed by atoms with Crippen molar-refractivity contribution in [3.63, 3.8) is 0 Å². The van der Waals surface area contributed by atoms with Gasteiger partial charge in [-0.15, -0.1) is 0 Å². The van der Waals surface area contributed by atoms with Gasteiger partial charge in [-0.1, -0.05) is 0 Å². The number of pyridine rings is 1. The molecule has 31 heavy (non-hydrogen) atoms. The Morgan fingerprint density at radius 2 is 1.97 bits per heavy atom. The summed E-state index contributed by atoms with van der Waals surface area (Å²) in [6.45, 7) is 4.99. The number of halogens is 3. The lowest BCUT2D eigenvalue weighted by atomic mass is 10.0. The molecule has 0 spiro atoms. The van der Waals surface area contributed by atoms with Gasteiger partial charge in [0.15, 0.2) is 0 Å². The first-order chi connectivity index (χ1) is 14.3. The predicted molar refractivity (Wildman–Crippen MR) is 106 cm³/mol. The molecule has 2 aliphatic rings. The van der Waals surface area contributed by atoms with Crippen LogP contribution in [0.3, 0.4) is 0 Å². The first-order valence-electron chi connectivity index (χ1n) is 10.0. The quantitative estimate of drug-likeness (QED) is 0.723. The van der Waals surface area contributed by atoms with E-state index in [-0.39, 0.29) is 38.0 Å². The number of carboxylic acid groups (broad SMARTS) is 1. The number of rotatable bonds is 5. The van der Waals surface area contributed by atoms with Gasteiger partial charge in [-0.25, -0.2) is 22.8 Å². The Labute approximate surface area is 177 Å². The van der Waals surface area contributed by atoms with Gasteiger partial charge in [0.05, 0.1) is 23.8 Å². The first-order valence-corrected chi connectivity index (χ1v) is 10.0. The second kappa shape index (κ2) is 8.08. The summed E-state index contributed by atoms with van der Waals surface area (Å²) < 4.78 is 47.5. The van der Waals surface area contributed by atoms with Crippen LogP contribution in [0.4, 0.5) is 23.7 Å². The van der Waals surface area contributed by atoms with Crippen LogP contribution in [0.1, 0.15) is 50.4 Å². The van der Waals surface area contributed by atoms with Gasteiger partial charge < -0.3 is 24.6 Å². The van der Waals surface area contributed by atoms with Crippen LogP contribution in [0.2, 0.25) is 0 Å². The van der Waals surface area contributed by atoms with Crippen LogP contribution in [0.15, 0.2) is 17.1 Å². The van der Waals surface area contributed by atoms with Crippen molar-refractivity contribution in [1.82, 2.24) is 9.47 Å². The van der Waals surface area contributed by atoms with Gasteiger partial charge in [0, 0.05) is 18.8 Å². The van der Waals surface area contributed by atoms with Gasteiger partial charge in [-0.05, 0) is 40.0 Å². The lowest BCUT2D eigenvalue weighted by molar-refractivity contribution is 0.0125. The Kier molecular flexibility index (Phi) is 5.98. The van der Waals surface area contributed by atoms with Gasteiger partial charge in [0.2, 0.25) is 0 Å². The van der Waals surface area contributed by atoms with Crippen molar-refractivity contribution >= 4 is 17.7 Å². The van der Waals surface area contributed by atoms with Gasteiger partial charge in [0.1, 0.15) is 17.3 Å². The highest BCUT2D eigenvalue weighted by Gasteiger charge is 2.53. The fourth-order valence-corrected chi connectivity index (χ4v) is 3.62. The first kappa shape index (κ1) is 23.0. The summed E-state index contributed by atoms with van der Waals surface area (Å²) in [5, 5.41) is 12.2. The van der Waals surface area contributed by atoms with Crippen molar-refractivity contribution in [2.75, 3.05) is 18.4 Å². The van der Waals surface area contributed by atoms with E-state index in [0.717, 1.165) is 16.8 Å². The van der Waals surface area contributed by atoms with E-state index in [2.05, 4.69) is 5.32 Å². The number of piperidine rings is 1. The lowest BCUT2D eigenvalue weighted by Gasteiger charge is -2.36. The number of carboxylic acids is 1. The molecule has 1 aliphatic carbocycles. The number of carbonyl (C=O) groups excluding carboxylic acids is 1. The van der Waals surface area contributed by atoms with E-state index in [0.29, 0.717) is 0 Å². The average molecular weight is 445 g/mol. The monoisotopic (exact) mass is 445 g/mol. The molecule has 0 aromatic carbocycles. The number of aromatic nitrogens is 1. The standard InChI is InChI=1S/C20H26F3N3O5/c1-19(2,3)31-18(30)25-7-4-13(12(21)10-25)24-14-8-15(27)26(9-11(14)16(28)29)20(5-6-20)17(22)23/h8-9,12-13,17,24H,4-7,10H2,1-3H3,(H,28,29). The molecule has 1 saturated heterocycles. The highest BCUT2D eigenvalue weighted by atomic mass is 19.3. The molecule has 2 N–H and O–H groups in total. The lowest BCUT2D eigenvalue weighted by Crippen LogP contribution is -2.51. The Hall–Kier alpha value is -2.72. The summed E-state index contributed by atoms with van der Waals surface area (Å²) in [7, 11) is 0. The average Bonchev–Trinajstić information content (AvgIpc) is 3.43. The topological polar surface area (TPSA) is 101 Å². The summed E-state index contributed by atoms with van der Waals surface area (Å²) in [5.74, 6) is -1.43. The molecular weight excluding hydrogens is 419 g/mol. The molecule has 1 aromatic rings. The zero-order valence-corrected chi connectivity index (χ0v) is 17.5. The van der Waals surface area contributed by atoms with Gasteiger partial charge >= 0.3 is 12.1 Å². The van der Waals surface area contributed by atoms with E-state index in [1.54, 1.807) is 20.8 Å². The van der Waals surface area contributed by atoms with Crippen molar-refractivity contribution in [2.45, 2.75) is 69.8 Å². The second-order valence-corrected chi connectivity index (χ2v) is 9.00. The van der Waals surface area contributed by atoms with E-state index >= 15 is 0 Å². The van der Waals surface area contributed by atoms with Gasteiger partial charge in [-0.3, -0.25) is 4.79 Å². The molecule has 11 heteroatoms. The Morgan fingerprint density at radius 1 is 1.32 bits per heavy atom. The third-order valence-electron chi connectivity index (χ3n) is 5.47. The zero-order chi connectivity index (χ0) is 23.1. The van der Waals surface area contributed by atoms with E-state index in [9.17, 15) is 32.7 Å². The molecular formula is C20H26F3N3O5. The van der Waals surface area contributed by atoms with Crippen molar-refractivity contribution in [3.05, 3.63) is 28.2 Å². The maximum atomic E-state index is 14.8. The number of hydrogen-bond donors (Lipinski definition) is 2. The van der Waals surface area contributed by atoms with E-state index in [4.69, 9.17) is 4.74 Å². The van der Waals surface area contributed by atoms with E-state index in [1.165, 1.54) is 4.90 Å². The zero-order valence-electron chi connectivity index (χ0n) is 17.5.